The molecule has 1 aromatic heterocycles. The summed E-state index contributed by atoms with van der Waals surface area (Å²) >= 11 is 0. The Morgan fingerprint density at radius 3 is 2.79 bits per heavy atom. The van der Waals surface area contributed by atoms with E-state index in [1.165, 1.54) is 6.26 Å². The third kappa shape index (κ3) is 3.01. The molecule has 0 bridgehead atoms. The summed E-state index contributed by atoms with van der Waals surface area (Å²) in [5, 5.41) is 3.65. The van der Waals surface area contributed by atoms with Crippen LogP contribution >= 0.6 is 0 Å². The molecule has 1 heterocycles. The molecule has 7 heteroatoms. The smallest absolute Gasteiger partial charge is 0.241 e. The van der Waals surface area contributed by atoms with Gasteiger partial charge in [-0.2, -0.15) is 0 Å². The topological polar surface area (TPSA) is 98.2 Å². The molecule has 0 aliphatic heterocycles. The van der Waals surface area contributed by atoms with Crippen molar-refractivity contribution in [2.45, 2.75) is 24.9 Å². The maximum atomic E-state index is 12.2. The summed E-state index contributed by atoms with van der Waals surface area (Å²) in [6.45, 7) is 2.14. The van der Waals surface area contributed by atoms with Gasteiger partial charge in [0, 0.05) is 12.6 Å². The van der Waals surface area contributed by atoms with E-state index < -0.39 is 10.0 Å². The molecule has 0 saturated carbocycles. The van der Waals surface area contributed by atoms with E-state index in [2.05, 4.69) is 14.4 Å². The maximum absolute atomic E-state index is 12.2. The zero-order valence-electron chi connectivity index (χ0n) is 10.5. The first-order valence-electron chi connectivity index (χ1n) is 5.72. The number of nitrogens with two attached hydrogens (primary N) is 1. The number of hydrogen-bond acceptors (Lipinski definition) is 5. The number of sulfonamides is 1. The Labute approximate surface area is 111 Å². The molecule has 0 unspecified atom stereocenters. The highest BCUT2D eigenvalue weighted by atomic mass is 32.2. The summed E-state index contributed by atoms with van der Waals surface area (Å²) in [5.41, 5.74) is 7.57. The van der Waals surface area contributed by atoms with Gasteiger partial charge in [-0.15, -0.1) is 0 Å². The number of rotatable bonds is 5. The maximum Gasteiger partial charge on any atom is 0.241 e. The lowest BCUT2D eigenvalue weighted by molar-refractivity contribution is 0.411. The quantitative estimate of drug-likeness (QED) is 0.849. The second-order valence-corrected chi connectivity index (χ2v) is 5.80. The largest absolute Gasteiger partial charge is 0.364 e. The molecule has 0 amide bonds. The second-order valence-electron chi connectivity index (χ2n) is 4.06. The van der Waals surface area contributed by atoms with E-state index in [1.54, 1.807) is 25.1 Å². The Bertz CT molecular complexity index is 651. The summed E-state index contributed by atoms with van der Waals surface area (Å²) in [7, 11) is -3.59. The van der Waals surface area contributed by atoms with Crippen LogP contribution in [-0.2, 0) is 23.1 Å². The third-order valence-electron chi connectivity index (χ3n) is 2.84. The predicted molar refractivity (Wildman–Crippen MR) is 69.6 cm³/mol. The van der Waals surface area contributed by atoms with Crippen molar-refractivity contribution in [1.29, 1.82) is 0 Å². The minimum absolute atomic E-state index is 0.0884. The molecule has 0 fully saturated rings. The predicted octanol–water partition coefficient (Wildman–Crippen LogP) is 0.920. The molecule has 0 radical (unpaired) electrons. The second kappa shape index (κ2) is 5.52. The van der Waals surface area contributed by atoms with Crippen LogP contribution in [0.15, 0.2) is 39.9 Å². The van der Waals surface area contributed by atoms with E-state index in [0.29, 0.717) is 17.8 Å². The molecule has 0 aliphatic rings. The lowest BCUT2D eigenvalue weighted by Crippen LogP contribution is -2.24. The Balaban J connectivity index is 2.24. The third-order valence-corrected chi connectivity index (χ3v) is 4.39. The van der Waals surface area contributed by atoms with Gasteiger partial charge in [0.15, 0.2) is 0 Å². The summed E-state index contributed by atoms with van der Waals surface area (Å²) in [5.74, 6) is 0. The standard InChI is InChI=1S/C12H15N3O3S/c1-9-10(7-13)3-2-4-12(9)19(16,17)14-8-11-5-6-18-15-11/h2-6,14H,7-8,13H2,1H3. The highest BCUT2D eigenvalue weighted by molar-refractivity contribution is 7.89. The van der Waals surface area contributed by atoms with Gasteiger partial charge in [0.2, 0.25) is 10.0 Å². The van der Waals surface area contributed by atoms with Crippen molar-refractivity contribution < 1.29 is 12.9 Å². The van der Waals surface area contributed by atoms with Gasteiger partial charge < -0.3 is 10.3 Å². The van der Waals surface area contributed by atoms with Crippen LogP contribution in [0.25, 0.3) is 0 Å². The van der Waals surface area contributed by atoms with Crippen molar-refractivity contribution in [2.75, 3.05) is 0 Å². The zero-order valence-corrected chi connectivity index (χ0v) is 11.3. The monoisotopic (exact) mass is 281 g/mol. The minimum atomic E-state index is -3.59. The van der Waals surface area contributed by atoms with E-state index in [-0.39, 0.29) is 11.4 Å². The van der Waals surface area contributed by atoms with Crippen molar-refractivity contribution in [1.82, 2.24) is 9.88 Å². The molecule has 0 aliphatic carbocycles. The number of nitrogens with zero attached hydrogens (tertiary/aromatic N) is 1. The molecule has 6 nitrogen and oxygen atoms in total. The lowest BCUT2D eigenvalue weighted by atomic mass is 10.1. The van der Waals surface area contributed by atoms with Gasteiger partial charge in [0.05, 0.1) is 17.1 Å². The number of nitrogens with one attached hydrogen (secondary N) is 1. The fraction of sp³-hybridized carbons (Fsp3) is 0.250. The fourth-order valence-electron chi connectivity index (χ4n) is 1.75. The number of aromatic nitrogens is 1. The molecule has 19 heavy (non-hydrogen) atoms. The summed E-state index contributed by atoms with van der Waals surface area (Å²) in [6, 6.07) is 6.65. The van der Waals surface area contributed by atoms with Crippen LogP contribution in [-0.4, -0.2) is 13.6 Å². The summed E-state index contributed by atoms with van der Waals surface area (Å²) in [4.78, 5) is 0.235. The van der Waals surface area contributed by atoms with Crippen molar-refractivity contribution in [3.05, 3.63) is 47.3 Å². The van der Waals surface area contributed by atoms with Crippen LogP contribution in [0.2, 0.25) is 0 Å². The minimum Gasteiger partial charge on any atom is -0.364 e. The SMILES string of the molecule is Cc1c(CN)cccc1S(=O)(=O)NCc1ccon1. The molecule has 0 atom stereocenters. The highest BCUT2D eigenvalue weighted by Crippen LogP contribution is 2.18. The van der Waals surface area contributed by atoms with Crippen LogP contribution in [0, 0.1) is 6.92 Å². The number of hydrogen-bond donors (Lipinski definition) is 2. The van der Waals surface area contributed by atoms with Crippen molar-refractivity contribution in [3.8, 4) is 0 Å². The summed E-state index contributed by atoms with van der Waals surface area (Å²) in [6.07, 6.45) is 1.39. The van der Waals surface area contributed by atoms with Gasteiger partial charge in [0.1, 0.15) is 6.26 Å². The molecule has 2 aromatic rings. The average molecular weight is 281 g/mol. The van der Waals surface area contributed by atoms with E-state index in [9.17, 15) is 8.42 Å². The molecule has 3 N–H and O–H groups in total. The summed E-state index contributed by atoms with van der Waals surface area (Å²) < 4.78 is 31.5. The van der Waals surface area contributed by atoms with Crippen LogP contribution in [0.5, 0.6) is 0 Å². The van der Waals surface area contributed by atoms with Gasteiger partial charge in [-0.05, 0) is 24.1 Å². The van der Waals surface area contributed by atoms with Crippen LogP contribution in [0.4, 0.5) is 0 Å². The first kappa shape index (κ1) is 13.7. The molecule has 102 valence electrons. The van der Waals surface area contributed by atoms with Gasteiger partial charge in [-0.1, -0.05) is 17.3 Å². The highest BCUT2D eigenvalue weighted by Gasteiger charge is 2.18. The Kier molecular flexibility index (Phi) is 3.98. The van der Waals surface area contributed by atoms with Crippen LogP contribution in [0.3, 0.4) is 0 Å². The van der Waals surface area contributed by atoms with E-state index in [4.69, 9.17) is 5.73 Å². The van der Waals surface area contributed by atoms with Crippen molar-refractivity contribution in [2.24, 2.45) is 5.73 Å². The Morgan fingerprint density at radius 1 is 1.37 bits per heavy atom. The molecule has 0 saturated heterocycles. The van der Waals surface area contributed by atoms with Crippen molar-refractivity contribution in [3.63, 3.8) is 0 Å². The number of benzene rings is 1. The average Bonchev–Trinajstić information content (AvgIpc) is 2.90. The molecule has 0 spiro atoms. The molecule has 1 aromatic carbocycles. The van der Waals surface area contributed by atoms with Gasteiger partial charge in [-0.3, -0.25) is 0 Å². The first-order valence-corrected chi connectivity index (χ1v) is 7.20. The zero-order chi connectivity index (χ0) is 13.9. The van der Waals surface area contributed by atoms with Crippen molar-refractivity contribution >= 4 is 10.0 Å². The van der Waals surface area contributed by atoms with Crippen LogP contribution in [0.1, 0.15) is 16.8 Å². The van der Waals surface area contributed by atoms with Gasteiger partial charge in [0.25, 0.3) is 0 Å². The first-order chi connectivity index (χ1) is 9.04. The van der Waals surface area contributed by atoms with E-state index in [0.717, 1.165) is 5.56 Å². The fourth-order valence-corrected chi connectivity index (χ4v) is 3.03. The Morgan fingerprint density at radius 2 is 2.16 bits per heavy atom. The molecular formula is C12H15N3O3S. The normalized spacial score (nSPS) is 11.7. The molecule has 2 rings (SSSR count). The van der Waals surface area contributed by atoms with Crippen LogP contribution < -0.4 is 10.5 Å². The lowest BCUT2D eigenvalue weighted by Gasteiger charge is -2.11. The van der Waals surface area contributed by atoms with Gasteiger partial charge >= 0.3 is 0 Å². The Hall–Kier alpha value is -1.70. The van der Waals surface area contributed by atoms with E-state index >= 15 is 0 Å². The molecular weight excluding hydrogens is 266 g/mol. The van der Waals surface area contributed by atoms with Gasteiger partial charge in [-0.25, -0.2) is 13.1 Å². The van der Waals surface area contributed by atoms with E-state index in [1.807, 2.05) is 6.07 Å².